The molecular weight excluding hydrogens is 328 g/mol. The molecule has 25 heavy (non-hydrogen) atoms. The van der Waals surface area contributed by atoms with Crippen LogP contribution in [0.4, 0.5) is 0 Å². The molecular formula is C22H18O2S. The van der Waals surface area contributed by atoms with Gasteiger partial charge < -0.3 is 9.84 Å². The van der Waals surface area contributed by atoms with Gasteiger partial charge in [0.15, 0.2) is 0 Å². The Bertz CT molecular complexity index is 956. The molecule has 0 spiro atoms. The van der Waals surface area contributed by atoms with Crippen molar-refractivity contribution >= 4 is 21.4 Å². The predicted molar refractivity (Wildman–Crippen MR) is 104 cm³/mol. The molecule has 4 rings (SSSR count). The van der Waals surface area contributed by atoms with E-state index < -0.39 is 0 Å². The summed E-state index contributed by atoms with van der Waals surface area (Å²) in [4.78, 5) is 1.15. The molecule has 0 aliphatic heterocycles. The molecule has 0 saturated heterocycles. The van der Waals surface area contributed by atoms with Gasteiger partial charge in [-0.05, 0) is 29.1 Å². The molecule has 3 heteroatoms. The van der Waals surface area contributed by atoms with E-state index in [9.17, 15) is 5.11 Å². The minimum absolute atomic E-state index is 0.0471. The molecule has 0 aliphatic rings. The van der Waals surface area contributed by atoms with Crippen molar-refractivity contribution in [1.29, 1.82) is 0 Å². The lowest BCUT2D eigenvalue weighted by Gasteiger charge is -2.13. The molecule has 1 heterocycles. The SMILES string of the molecule is OCc1c(OCc2ccccc2)cccc1-c1cc2ccccc2s1. The topological polar surface area (TPSA) is 29.5 Å². The second kappa shape index (κ2) is 7.09. The molecule has 124 valence electrons. The summed E-state index contributed by atoms with van der Waals surface area (Å²) >= 11 is 1.74. The number of benzene rings is 3. The van der Waals surface area contributed by atoms with Gasteiger partial charge in [0.05, 0.1) is 6.61 Å². The zero-order chi connectivity index (χ0) is 17.1. The molecule has 0 bridgehead atoms. The van der Waals surface area contributed by atoms with Gasteiger partial charge in [-0.25, -0.2) is 0 Å². The van der Waals surface area contributed by atoms with Crippen LogP contribution in [0, 0.1) is 0 Å². The van der Waals surface area contributed by atoms with Gasteiger partial charge in [0.25, 0.3) is 0 Å². The molecule has 0 radical (unpaired) electrons. The van der Waals surface area contributed by atoms with Gasteiger partial charge in [0.2, 0.25) is 0 Å². The van der Waals surface area contributed by atoms with Crippen molar-refractivity contribution in [2.45, 2.75) is 13.2 Å². The van der Waals surface area contributed by atoms with E-state index >= 15 is 0 Å². The van der Waals surface area contributed by atoms with Gasteiger partial charge in [0, 0.05) is 20.7 Å². The number of hydrogen-bond acceptors (Lipinski definition) is 3. The highest BCUT2D eigenvalue weighted by molar-refractivity contribution is 7.22. The summed E-state index contributed by atoms with van der Waals surface area (Å²) in [6.45, 7) is 0.443. The Morgan fingerprint density at radius 1 is 0.840 bits per heavy atom. The number of thiophene rings is 1. The molecule has 0 saturated carbocycles. The van der Waals surface area contributed by atoms with Crippen LogP contribution in [0.5, 0.6) is 5.75 Å². The summed E-state index contributed by atoms with van der Waals surface area (Å²) in [5.74, 6) is 0.737. The zero-order valence-corrected chi connectivity index (χ0v) is 14.5. The van der Waals surface area contributed by atoms with Crippen molar-refractivity contribution < 1.29 is 9.84 Å². The van der Waals surface area contributed by atoms with Gasteiger partial charge >= 0.3 is 0 Å². The average Bonchev–Trinajstić information content (AvgIpc) is 3.11. The van der Waals surface area contributed by atoms with Crippen LogP contribution in [-0.4, -0.2) is 5.11 Å². The van der Waals surface area contributed by atoms with Crippen molar-refractivity contribution in [3.8, 4) is 16.2 Å². The molecule has 4 aromatic rings. The van der Waals surface area contributed by atoms with Gasteiger partial charge in [-0.1, -0.05) is 60.7 Å². The maximum Gasteiger partial charge on any atom is 0.125 e. The summed E-state index contributed by atoms with van der Waals surface area (Å²) in [5.41, 5.74) is 2.98. The minimum atomic E-state index is -0.0471. The highest BCUT2D eigenvalue weighted by Crippen LogP contribution is 2.38. The van der Waals surface area contributed by atoms with Crippen LogP contribution in [0.2, 0.25) is 0 Å². The number of hydrogen-bond donors (Lipinski definition) is 1. The van der Waals surface area contributed by atoms with Gasteiger partial charge in [-0.15, -0.1) is 11.3 Å². The number of aliphatic hydroxyl groups excluding tert-OH is 1. The third-order valence-corrected chi connectivity index (χ3v) is 5.37. The second-order valence-corrected chi connectivity index (χ2v) is 6.95. The van der Waals surface area contributed by atoms with Crippen LogP contribution in [0.1, 0.15) is 11.1 Å². The normalized spacial score (nSPS) is 10.9. The van der Waals surface area contributed by atoms with Crippen molar-refractivity contribution in [1.82, 2.24) is 0 Å². The largest absolute Gasteiger partial charge is 0.489 e. The summed E-state index contributed by atoms with van der Waals surface area (Å²) < 4.78 is 7.24. The minimum Gasteiger partial charge on any atom is -0.489 e. The van der Waals surface area contributed by atoms with Crippen LogP contribution in [-0.2, 0) is 13.2 Å². The Morgan fingerprint density at radius 3 is 2.44 bits per heavy atom. The maximum atomic E-state index is 9.96. The second-order valence-electron chi connectivity index (χ2n) is 5.86. The monoisotopic (exact) mass is 346 g/mol. The van der Waals surface area contributed by atoms with Crippen LogP contribution < -0.4 is 4.74 Å². The molecule has 1 N–H and O–H groups in total. The maximum absolute atomic E-state index is 9.96. The number of fused-ring (bicyclic) bond motifs is 1. The quantitative estimate of drug-likeness (QED) is 0.507. The lowest BCUT2D eigenvalue weighted by molar-refractivity contribution is 0.259. The van der Waals surface area contributed by atoms with E-state index in [-0.39, 0.29) is 6.61 Å². The van der Waals surface area contributed by atoms with Crippen LogP contribution >= 0.6 is 11.3 Å². The van der Waals surface area contributed by atoms with E-state index in [1.54, 1.807) is 11.3 Å². The molecule has 0 unspecified atom stereocenters. The first-order valence-electron chi connectivity index (χ1n) is 8.23. The summed E-state index contributed by atoms with van der Waals surface area (Å²) in [6, 6.07) is 26.5. The Morgan fingerprint density at radius 2 is 1.64 bits per heavy atom. The van der Waals surface area contributed by atoms with Gasteiger partial charge in [-0.3, -0.25) is 0 Å². The Balaban J connectivity index is 1.68. The first kappa shape index (κ1) is 15.9. The van der Waals surface area contributed by atoms with Crippen LogP contribution in [0.25, 0.3) is 20.5 Å². The Kier molecular flexibility index (Phi) is 4.51. The van der Waals surface area contributed by atoms with E-state index in [0.29, 0.717) is 6.61 Å². The lowest BCUT2D eigenvalue weighted by atomic mass is 10.0. The first-order valence-corrected chi connectivity index (χ1v) is 9.05. The third-order valence-electron chi connectivity index (χ3n) is 4.22. The molecule has 0 atom stereocenters. The Labute approximate surface area is 151 Å². The zero-order valence-electron chi connectivity index (χ0n) is 13.7. The van der Waals surface area contributed by atoms with Gasteiger partial charge in [0.1, 0.15) is 12.4 Å². The van der Waals surface area contributed by atoms with Crippen molar-refractivity contribution in [2.75, 3.05) is 0 Å². The molecule has 0 aliphatic carbocycles. The number of aliphatic hydroxyl groups is 1. The van der Waals surface area contributed by atoms with E-state index in [1.807, 2.05) is 54.6 Å². The van der Waals surface area contributed by atoms with Crippen LogP contribution in [0.3, 0.4) is 0 Å². The fraction of sp³-hybridized carbons (Fsp3) is 0.0909. The number of ether oxygens (including phenoxy) is 1. The summed E-state index contributed by atoms with van der Waals surface area (Å²) in [5, 5.41) is 11.2. The standard InChI is InChI=1S/C22H18O2S/c23-14-19-18(22-13-17-9-4-5-12-21(17)25-22)10-6-11-20(19)24-15-16-7-2-1-3-8-16/h1-13,23H,14-15H2. The fourth-order valence-electron chi connectivity index (χ4n) is 2.94. The molecule has 0 amide bonds. The van der Waals surface area contributed by atoms with Crippen molar-refractivity contribution in [3.63, 3.8) is 0 Å². The third kappa shape index (κ3) is 3.29. The molecule has 1 aromatic heterocycles. The predicted octanol–water partition coefficient (Wildman–Crippen LogP) is 5.64. The average molecular weight is 346 g/mol. The Hall–Kier alpha value is -2.62. The fourth-order valence-corrected chi connectivity index (χ4v) is 4.06. The summed E-state index contributed by atoms with van der Waals surface area (Å²) in [7, 11) is 0. The van der Waals surface area contributed by atoms with Crippen molar-refractivity contribution in [3.05, 3.63) is 90.0 Å². The lowest BCUT2D eigenvalue weighted by Crippen LogP contribution is -2.00. The van der Waals surface area contributed by atoms with E-state index in [2.05, 4.69) is 24.3 Å². The smallest absolute Gasteiger partial charge is 0.125 e. The van der Waals surface area contributed by atoms with Crippen molar-refractivity contribution in [2.24, 2.45) is 0 Å². The molecule has 3 aromatic carbocycles. The highest BCUT2D eigenvalue weighted by atomic mass is 32.1. The molecule has 0 fully saturated rings. The summed E-state index contributed by atoms with van der Waals surface area (Å²) in [6.07, 6.45) is 0. The highest BCUT2D eigenvalue weighted by Gasteiger charge is 2.13. The van der Waals surface area contributed by atoms with E-state index in [0.717, 1.165) is 27.3 Å². The van der Waals surface area contributed by atoms with Crippen LogP contribution in [0.15, 0.2) is 78.9 Å². The number of rotatable bonds is 5. The van der Waals surface area contributed by atoms with E-state index in [4.69, 9.17) is 4.74 Å². The van der Waals surface area contributed by atoms with E-state index in [1.165, 1.54) is 10.1 Å². The van der Waals surface area contributed by atoms with Gasteiger partial charge in [-0.2, -0.15) is 0 Å². The first-order chi connectivity index (χ1) is 12.3. The molecule has 2 nitrogen and oxygen atoms in total.